The third-order valence-corrected chi connectivity index (χ3v) is 5.42. The first-order valence-corrected chi connectivity index (χ1v) is 8.02. The molecule has 1 unspecified atom stereocenters. The van der Waals surface area contributed by atoms with E-state index in [4.69, 9.17) is 5.73 Å². The summed E-state index contributed by atoms with van der Waals surface area (Å²) in [4.78, 5) is 2.30. The van der Waals surface area contributed by atoms with Crippen LogP contribution in [0.3, 0.4) is 0 Å². The lowest BCUT2D eigenvalue weighted by Crippen LogP contribution is -2.42. The van der Waals surface area contributed by atoms with Gasteiger partial charge in [-0.15, -0.1) is 0 Å². The quantitative estimate of drug-likeness (QED) is 0.922. The molecule has 1 heterocycles. The monoisotopic (exact) mass is 294 g/mol. The minimum Gasteiger partial charge on any atom is -0.323 e. The number of piperidine rings is 1. The molecule has 1 aliphatic carbocycles. The lowest BCUT2D eigenvalue weighted by Gasteiger charge is -2.40. The SMILES string of the molecule is NC(CN1CCC2(CCCC2)CC1)c1cccc(F)c1F. The van der Waals surface area contributed by atoms with Crippen LogP contribution in [0.2, 0.25) is 0 Å². The van der Waals surface area contributed by atoms with Gasteiger partial charge < -0.3 is 10.6 Å². The number of halogens is 2. The van der Waals surface area contributed by atoms with E-state index in [1.165, 1.54) is 44.6 Å². The van der Waals surface area contributed by atoms with Crippen molar-refractivity contribution in [3.05, 3.63) is 35.4 Å². The van der Waals surface area contributed by atoms with Crippen LogP contribution in [-0.4, -0.2) is 24.5 Å². The highest BCUT2D eigenvalue weighted by Crippen LogP contribution is 2.46. The van der Waals surface area contributed by atoms with E-state index < -0.39 is 17.7 Å². The fourth-order valence-electron chi connectivity index (χ4n) is 4.02. The lowest BCUT2D eigenvalue weighted by molar-refractivity contribution is 0.104. The molecule has 0 aromatic heterocycles. The molecule has 0 amide bonds. The maximum absolute atomic E-state index is 13.8. The Morgan fingerprint density at radius 2 is 1.76 bits per heavy atom. The Morgan fingerprint density at radius 3 is 2.43 bits per heavy atom. The van der Waals surface area contributed by atoms with Crippen LogP contribution < -0.4 is 5.73 Å². The Labute approximate surface area is 125 Å². The average molecular weight is 294 g/mol. The maximum atomic E-state index is 13.8. The fraction of sp³-hybridized carbons (Fsp3) is 0.647. The minimum atomic E-state index is -0.813. The van der Waals surface area contributed by atoms with Crippen LogP contribution in [0.4, 0.5) is 8.78 Å². The van der Waals surface area contributed by atoms with Gasteiger partial charge >= 0.3 is 0 Å². The van der Waals surface area contributed by atoms with Crippen molar-refractivity contribution in [2.45, 2.75) is 44.6 Å². The third kappa shape index (κ3) is 3.11. The van der Waals surface area contributed by atoms with E-state index in [1.54, 1.807) is 6.07 Å². The molecule has 2 fully saturated rings. The molecule has 116 valence electrons. The first-order chi connectivity index (χ1) is 10.1. The number of nitrogens with zero attached hydrogens (tertiary/aromatic N) is 1. The summed E-state index contributed by atoms with van der Waals surface area (Å²) in [6.45, 7) is 2.67. The summed E-state index contributed by atoms with van der Waals surface area (Å²) < 4.78 is 27.0. The third-order valence-electron chi connectivity index (χ3n) is 5.42. The number of hydrogen-bond acceptors (Lipinski definition) is 2. The van der Waals surface area contributed by atoms with Gasteiger partial charge in [0.05, 0.1) is 0 Å². The van der Waals surface area contributed by atoms with Crippen molar-refractivity contribution in [3.63, 3.8) is 0 Å². The summed E-state index contributed by atoms with van der Waals surface area (Å²) >= 11 is 0. The molecule has 1 saturated heterocycles. The molecular formula is C17H24F2N2. The van der Waals surface area contributed by atoms with E-state index >= 15 is 0 Å². The van der Waals surface area contributed by atoms with Crippen LogP contribution in [0.15, 0.2) is 18.2 Å². The van der Waals surface area contributed by atoms with Crippen molar-refractivity contribution in [1.82, 2.24) is 4.90 Å². The van der Waals surface area contributed by atoms with E-state index in [-0.39, 0.29) is 5.56 Å². The van der Waals surface area contributed by atoms with Gasteiger partial charge in [0.15, 0.2) is 11.6 Å². The minimum absolute atomic E-state index is 0.288. The van der Waals surface area contributed by atoms with Crippen LogP contribution in [0.5, 0.6) is 0 Å². The van der Waals surface area contributed by atoms with Crippen LogP contribution in [0.1, 0.15) is 50.1 Å². The van der Waals surface area contributed by atoms with E-state index in [9.17, 15) is 8.78 Å². The summed E-state index contributed by atoms with van der Waals surface area (Å²) in [6, 6.07) is 3.79. The van der Waals surface area contributed by atoms with E-state index in [0.717, 1.165) is 19.2 Å². The number of hydrogen-bond donors (Lipinski definition) is 1. The Kier molecular flexibility index (Phi) is 4.27. The van der Waals surface area contributed by atoms with Gasteiger partial charge in [0, 0.05) is 18.2 Å². The Bertz CT molecular complexity index is 488. The van der Waals surface area contributed by atoms with Crippen LogP contribution in [0, 0.1) is 17.0 Å². The van der Waals surface area contributed by atoms with Crippen molar-refractivity contribution >= 4 is 0 Å². The zero-order chi connectivity index (χ0) is 14.9. The van der Waals surface area contributed by atoms with Crippen molar-refractivity contribution in [2.75, 3.05) is 19.6 Å². The van der Waals surface area contributed by atoms with Gasteiger partial charge in [0.25, 0.3) is 0 Å². The topological polar surface area (TPSA) is 29.3 Å². The number of rotatable bonds is 3. The Morgan fingerprint density at radius 1 is 1.10 bits per heavy atom. The maximum Gasteiger partial charge on any atom is 0.163 e. The summed E-state index contributed by atoms with van der Waals surface area (Å²) in [6.07, 6.45) is 7.93. The second kappa shape index (κ2) is 6.01. The largest absolute Gasteiger partial charge is 0.323 e. The van der Waals surface area contributed by atoms with Gasteiger partial charge in [-0.3, -0.25) is 0 Å². The molecule has 0 bridgehead atoms. The van der Waals surface area contributed by atoms with Gasteiger partial charge in [0.2, 0.25) is 0 Å². The summed E-state index contributed by atoms with van der Waals surface area (Å²) in [5.74, 6) is -1.61. The van der Waals surface area contributed by atoms with Crippen molar-refractivity contribution < 1.29 is 8.78 Å². The van der Waals surface area contributed by atoms with Gasteiger partial charge in [-0.05, 0) is 50.3 Å². The zero-order valence-corrected chi connectivity index (χ0v) is 12.5. The van der Waals surface area contributed by atoms with Crippen LogP contribution in [-0.2, 0) is 0 Å². The van der Waals surface area contributed by atoms with Crippen LogP contribution >= 0.6 is 0 Å². The summed E-state index contributed by atoms with van der Waals surface area (Å²) in [5.41, 5.74) is 6.95. The number of likely N-dealkylation sites (tertiary alicyclic amines) is 1. The molecule has 1 aromatic rings. The Hall–Kier alpha value is -1.00. The molecule has 1 spiro atoms. The molecule has 2 N–H and O–H groups in total. The molecule has 1 aliphatic heterocycles. The fourth-order valence-corrected chi connectivity index (χ4v) is 4.02. The first kappa shape index (κ1) is 14.9. The number of benzene rings is 1. The molecule has 21 heavy (non-hydrogen) atoms. The first-order valence-electron chi connectivity index (χ1n) is 8.02. The lowest BCUT2D eigenvalue weighted by atomic mass is 9.77. The highest BCUT2D eigenvalue weighted by Gasteiger charge is 2.37. The predicted molar refractivity (Wildman–Crippen MR) is 79.9 cm³/mol. The van der Waals surface area contributed by atoms with E-state index in [2.05, 4.69) is 4.90 Å². The van der Waals surface area contributed by atoms with Gasteiger partial charge in [-0.1, -0.05) is 25.0 Å². The molecule has 1 atom stereocenters. The molecule has 1 saturated carbocycles. The second-order valence-electron chi connectivity index (χ2n) is 6.76. The average Bonchev–Trinajstić information content (AvgIpc) is 2.93. The second-order valence-corrected chi connectivity index (χ2v) is 6.76. The molecule has 1 aromatic carbocycles. The Balaban J connectivity index is 1.58. The standard InChI is InChI=1S/C17H24F2N2/c18-14-5-3-4-13(16(14)19)15(20)12-21-10-8-17(9-11-21)6-1-2-7-17/h3-5,15H,1-2,6-12,20H2. The molecule has 4 heteroatoms. The molecule has 2 aliphatic rings. The molecule has 0 radical (unpaired) electrons. The highest BCUT2D eigenvalue weighted by molar-refractivity contribution is 5.22. The van der Waals surface area contributed by atoms with Crippen LogP contribution in [0.25, 0.3) is 0 Å². The normalized spacial score (nSPS) is 23.6. The summed E-state index contributed by atoms with van der Waals surface area (Å²) in [7, 11) is 0. The predicted octanol–water partition coefficient (Wildman–Crippen LogP) is 3.62. The molecule has 3 rings (SSSR count). The van der Waals surface area contributed by atoms with E-state index in [0.29, 0.717) is 12.0 Å². The van der Waals surface area contributed by atoms with Crippen molar-refractivity contribution in [2.24, 2.45) is 11.1 Å². The van der Waals surface area contributed by atoms with E-state index in [1.807, 2.05) is 0 Å². The van der Waals surface area contributed by atoms with Gasteiger partial charge in [-0.2, -0.15) is 0 Å². The number of nitrogens with two attached hydrogens (primary N) is 1. The van der Waals surface area contributed by atoms with Gasteiger partial charge in [-0.25, -0.2) is 8.78 Å². The van der Waals surface area contributed by atoms with Crippen molar-refractivity contribution in [1.29, 1.82) is 0 Å². The van der Waals surface area contributed by atoms with Gasteiger partial charge in [0.1, 0.15) is 0 Å². The highest BCUT2D eigenvalue weighted by atomic mass is 19.2. The molecular weight excluding hydrogens is 270 g/mol. The molecule has 2 nitrogen and oxygen atoms in total. The van der Waals surface area contributed by atoms with Crippen molar-refractivity contribution in [3.8, 4) is 0 Å². The zero-order valence-electron chi connectivity index (χ0n) is 12.5. The summed E-state index contributed by atoms with van der Waals surface area (Å²) in [5, 5.41) is 0. The smallest absolute Gasteiger partial charge is 0.163 e.